The van der Waals surface area contributed by atoms with Crippen LogP contribution in [0.25, 0.3) is 16.9 Å². The van der Waals surface area contributed by atoms with E-state index >= 15 is 0 Å². The highest BCUT2D eigenvalue weighted by Gasteiger charge is 2.15. The van der Waals surface area contributed by atoms with Crippen molar-refractivity contribution in [3.8, 4) is 11.3 Å². The molecule has 2 aromatic carbocycles. The summed E-state index contributed by atoms with van der Waals surface area (Å²) in [5.74, 6) is -0.0511. The van der Waals surface area contributed by atoms with Gasteiger partial charge in [-0.15, -0.1) is 0 Å². The molecule has 4 aromatic rings. The lowest BCUT2D eigenvalue weighted by Crippen LogP contribution is -2.05. The summed E-state index contributed by atoms with van der Waals surface area (Å²) in [6, 6.07) is 19.1. The zero-order chi connectivity index (χ0) is 18.1. The van der Waals surface area contributed by atoms with Gasteiger partial charge in [0.1, 0.15) is 17.2 Å². The van der Waals surface area contributed by atoms with Crippen LogP contribution in [0.4, 0.5) is 10.2 Å². The Balaban J connectivity index is 1.91. The Morgan fingerprint density at radius 3 is 2.54 bits per heavy atom. The largest absolute Gasteiger partial charge is 0.410 e. The summed E-state index contributed by atoms with van der Waals surface area (Å²) >= 11 is 0. The Labute approximate surface area is 148 Å². The van der Waals surface area contributed by atoms with Gasteiger partial charge < -0.3 is 10.9 Å². The number of hydrogen-bond acceptors (Lipinski definition) is 4. The summed E-state index contributed by atoms with van der Waals surface area (Å²) < 4.78 is 15.4. The van der Waals surface area contributed by atoms with Crippen LogP contribution in [0, 0.1) is 5.82 Å². The zero-order valence-electron chi connectivity index (χ0n) is 13.7. The SMILES string of the molecule is Nc1nc2ccc(/C(=N/O)c3ccccc3)cn2c1-c1cccc(F)c1. The van der Waals surface area contributed by atoms with E-state index in [1.807, 2.05) is 30.3 Å². The van der Waals surface area contributed by atoms with Crippen LogP contribution in [0.2, 0.25) is 0 Å². The van der Waals surface area contributed by atoms with E-state index in [2.05, 4.69) is 10.1 Å². The van der Waals surface area contributed by atoms with Crippen molar-refractivity contribution in [3.63, 3.8) is 0 Å². The number of benzene rings is 2. The van der Waals surface area contributed by atoms with Gasteiger partial charge in [-0.3, -0.25) is 4.40 Å². The quantitative estimate of drug-likeness (QED) is 0.335. The number of rotatable bonds is 3. The third kappa shape index (κ3) is 2.67. The van der Waals surface area contributed by atoms with Gasteiger partial charge in [0.2, 0.25) is 0 Å². The molecule has 6 heteroatoms. The molecule has 0 radical (unpaired) electrons. The van der Waals surface area contributed by atoms with Gasteiger partial charge in [-0.05, 0) is 24.3 Å². The van der Waals surface area contributed by atoms with Crippen molar-refractivity contribution < 1.29 is 9.60 Å². The second kappa shape index (κ2) is 6.33. The van der Waals surface area contributed by atoms with Crippen molar-refractivity contribution in [2.45, 2.75) is 0 Å². The van der Waals surface area contributed by atoms with Crippen molar-refractivity contribution in [2.24, 2.45) is 5.16 Å². The maximum absolute atomic E-state index is 13.7. The van der Waals surface area contributed by atoms with E-state index in [1.165, 1.54) is 12.1 Å². The Morgan fingerprint density at radius 2 is 1.81 bits per heavy atom. The fraction of sp³-hybridized carbons (Fsp3) is 0. The standard InChI is InChI=1S/C20H15FN4O/c21-16-8-4-7-14(11-16)19-20(22)23-17-10-9-15(12-25(17)19)18(24-26)13-5-2-1-3-6-13/h1-12,26H,22H2/b24-18+. The first kappa shape index (κ1) is 15.8. The van der Waals surface area contributed by atoms with E-state index in [9.17, 15) is 9.60 Å². The number of anilines is 1. The summed E-state index contributed by atoms with van der Waals surface area (Å²) in [5.41, 5.74) is 9.78. The van der Waals surface area contributed by atoms with E-state index in [1.54, 1.807) is 34.9 Å². The minimum atomic E-state index is -0.352. The highest BCUT2D eigenvalue weighted by molar-refractivity contribution is 6.12. The molecule has 0 amide bonds. The molecule has 3 N–H and O–H groups in total. The number of aromatic nitrogens is 2. The van der Waals surface area contributed by atoms with Crippen LogP contribution < -0.4 is 5.73 Å². The molecule has 0 saturated heterocycles. The maximum Gasteiger partial charge on any atom is 0.150 e. The topological polar surface area (TPSA) is 75.9 Å². The molecule has 0 aliphatic carbocycles. The fourth-order valence-corrected chi connectivity index (χ4v) is 3.00. The second-order valence-electron chi connectivity index (χ2n) is 5.82. The second-order valence-corrected chi connectivity index (χ2v) is 5.82. The monoisotopic (exact) mass is 346 g/mol. The third-order valence-electron chi connectivity index (χ3n) is 4.16. The third-order valence-corrected chi connectivity index (χ3v) is 4.16. The molecule has 0 aliphatic rings. The summed E-state index contributed by atoms with van der Waals surface area (Å²) in [5, 5.41) is 13.0. The van der Waals surface area contributed by atoms with Crippen molar-refractivity contribution >= 4 is 17.2 Å². The molecular weight excluding hydrogens is 331 g/mol. The first-order chi connectivity index (χ1) is 12.7. The number of halogens is 1. The summed E-state index contributed by atoms with van der Waals surface area (Å²) in [4.78, 5) is 4.33. The molecule has 2 aromatic heterocycles. The maximum atomic E-state index is 13.7. The average Bonchev–Trinajstić information content (AvgIpc) is 2.98. The summed E-state index contributed by atoms with van der Waals surface area (Å²) in [6.45, 7) is 0. The highest BCUT2D eigenvalue weighted by Crippen LogP contribution is 2.28. The molecule has 5 nitrogen and oxygen atoms in total. The summed E-state index contributed by atoms with van der Waals surface area (Å²) in [7, 11) is 0. The van der Waals surface area contributed by atoms with Crippen LogP contribution in [-0.2, 0) is 0 Å². The number of nitrogens with two attached hydrogens (primary N) is 1. The summed E-state index contributed by atoms with van der Waals surface area (Å²) in [6.07, 6.45) is 1.78. The van der Waals surface area contributed by atoms with E-state index in [0.717, 1.165) is 5.56 Å². The van der Waals surface area contributed by atoms with Crippen molar-refractivity contribution in [1.29, 1.82) is 0 Å². The normalized spacial score (nSPS) is 11.8. The van der Waals surface area contributed by atoms with Gasteiger partial charge in [0.15, 0.2) is 5.82 Å². The predicted octanol–water partition coefficient (Wildman–Crippen LogP) is 3.95. The van der Waals surface area contributed by atoms with Crippen LogP contribution in [0.3, 0.4) is 0 Å². The average molecular weight is 346 g/mol. The fourth-order valence-electron chi connectivity index (χ4n) is 3.00. The van der Waals surface area contributed by atoms with Gasteiger partial charge in [-0.1, -0.05) is 47.6 Å². The Kier molecular flexibility index (Phi) is 3.85. The molecule has 26 heavy (non-hydrogen) atoms. The predicted molar refractivity (Wildman–Crippen MR) is 98.9 cm³/mol. The van der Waals surface area contributed by atoms with Crippen molar-refractivity contribution in [3.05, 3.63) is 89.9 Å². The minimum Gasteiger partial charge on any atom is -0.410 e. The molecule has 0 saturated carbocycles. The number of hydrogen-bond donors (Lipinski definition) is 2. The molecule has 0 aliphatic heterocycles. The number of fused-ring (bicyclic) bond motifs is 1. The van der Waals surface area contributed by atoms with Crippen LogP contribution in [-0.4, -0.2) is 20.3 Å². The van der Waals surface area contributed by atoms with E-state index < -0.39 is 0 Å². The van der Waals surface area contributed by atoms with Crippen molar-refractivity contribution in [2.75, 3.05) is 5.73 Å². The van der Waals surface area contributed by atoms with Crippen LogP contribution in [0.5, 0.6) is 0 Å². The lowest BCUT2D eigenvalue weighted by molar-refractivity contribution is 0.319. The highest BCUT2D eigenvalue weighted by atomic mass is 19.1. The van der Waals surface area contributed by atoms with Crippen molar-refractivity contribution in [1.82, 2.24) is 9.38 Å². The van der Waals surface area contributed by atoms with E-state index in [4.69, 9.17) is 5.73 Å². The van der Waals surface area contributed by atoms with E-state index in [0.29, 0.717) is 34.0 Å². The molecule has 128 valence electrons. The van der Waals surface area contributed by atoms with Crippen LogP contribution in [0.15, 0.2) is 78.1 Å². The Morgan fingerprint density at radius 1 is 1.00 bits per heavy atom. The van der Waals surface area contributed by atoms with Crippen LogP contribution >= 0.6 is 0 Å². The molecule has 0 spiro atoms. The molecular formula is C20H15FN4O. The molecule has 2 heterocycles. The lowest BCUT2D eigenvalue weighted by Gasteiger charge is -2.08. The molecule has 0 fully saturated rings. The van der Waals surface area contributed by atoms with Gasteiger partial charge in [0, 0.05) is 22.9 Å². The molecule has 0 bridgehead atoms. The van der Waals surface area contributed by atoms with Crippen LogP contribution in [0.1, 0.15) is 11.1 Å². The Bertz CT molecular complexity index is 1120. The zero-order valence-corrected chi connectivity index (χ0v) is 13.7. The van der Waals surface area contributed by atoms with Gasteiger partial charge in [-0.2, -0.15) is 0 Å². The molecule has 0 unspecified atom stereocenters. The smallest absolute Gasteiger partial charge is 0.150 e. The first-order valence-corrected chi connectivity index (χ1v) is 7.99. The number of nitrogen functional groups attached to an aromatic ring is 1. The van der Waals surface area contributed by atoms with Gasteiger partial charge in [0.05, 0.1) is 5.69 Å². The van der Waals surface area contributed by atoms with E-state index in [-0.39, 0.29) is 5.82 Å². The minimum absolute atomic E-state index is 0.301. The molecule has 0 atom stereocenters. The Hall–Kier alpha value is -3.67. The van der Waals surface area contributed by atoms with Gasteiger partial charge in [-0.25, -0.2) is 9.37 Å². The lowest BCUT2D eigenvalue weighted by atomic mass is 10.0. The van der Waals surface area contributed by atoms with Gasteiger partial charge in [0.25, 0.3) is 0 Å². The number of pyridine rings is 1. The number of imidazole rings is 1. The molecule has 4 rings (SSSR count). The van der Waals surface area contributed by atoms with Gasteiger partial charge >= 0.3 is 0 Å². The number of nitrogens with zero attached hydrogens (tertiary/aromatic N) is 3. The first-order valence-electron chi connectivity index (χ1n) is 7.99. The number of oxime groups is 1.